The van der Waals surface area contributed by atoms with Gasteiger partial charge in [-0.15, -0.1) is 0 Å². The molecule has 2 aromatic rings. The standard InChI is InChI=1S/C27H40N2O/c1-4-5-6-7-8-9-10-11-12-13-22-30-27-20-14-24(15-21-27)23-28-25-16-18-26(19-17-25)29(2)3/h14-21,23H,4-13,22H2,1-3H3. The van der Waals surface area contributed by atoms with Crippen molar-refractivity contribution in [3.05, 3.63) is 54.1 Å². The highest BCUT2D eigenvalue weighted by Crippen LogP contribution is 2.19. The molecule has 0 saturated carbocycles. The van der Waals surface area contributed by atoms with E-state index in [-0.39, 0.29) is 0 Å². The number of ether oxygens (including phenoxy) is 1. The SMILES string of the molecule is CCCCCCCCCCCCOc1ccc(C=Nc2ccc(N(C)C)cc2)cc1. The average molecular weight is 409 g/mol. The molecule has 0 amide bonds. The summed E-state index contributed by atoms with van der Waals surface area (Å²) >= 11 is 0. The molecule has 0 aliphatic carbocycles. The fourth-order valence-corrected chi connectivity index (χ4v) is 3.42. The normalized spacial score (nSPS) is 11.2. The second kappa shape index (κ2) is 14.7. The maximum atomic E-state index is 5.88. The molecule has 0 N–H and O–H groups in total. The minimum Gasteiger partial charge on any atom is -0.494 e. The maximum absolute atomic E-state index is 5.88. The Bertz CT molecular complexity index is 705. The highest BCUT2D eigenvalue weighted by Gasteiger charge is 1.97. The van der Waals surface area contributed by atoms with Gasteiger partial charge < -0.3 is 9.64 Å². The van der Waals surface area contributed by atoms with Crippen LogP contribution in [0.4, 0.5) is 11.4 Å². The Morgan fingerprint density at radius 3 is 1.87 bits per heavy atom. The molecule has 0 aromatic heterocycles. The van der Waals surface area contributed by atoms with Crippen LogP contribution in [0.15, 0.2) is 53.5 Å². The number of unbranched alkanes of at least 4 members (excludes halogenated alkanes) is 9. The van der Waals surface area contributed by atoms with E-state index in [4.69, 9.17) is 4.74 Å². The summed E-state index contributed by atoms with van der Waals surface area (Å²) in [5.74, 6) is 0.943. The summed E-state index contributed by atoms with van der Waals surface area (Å²) in [4.78, 5) is 6.64. The van der Waals surface area contributed by atoms with E-state index in [0.717, 1.165) is 30.0 Å². The highest BCUT2D eigenvalue weighted by atomic mass is 16.5. The maximum Gasteiger partial charge on any atom is 0.119 e. The molecule has 0 unspecified atom stereocenters. The number of aliphatic imine (C=N–C) groups is 1. The van der Waals surface area contributed by atoms with Gasteiger partial charge >= 0.3 is 0 Å². The van der Waals surface area contributed by atoms with Gasteiger partial charge in [-0.1, -0.05) is 64.7 Å². The van der Waals surface area contributed by atoms with Gasteiger partial charge in [-0.25, -0.2) is 0 Å². The Balaban J connectivity index is 1.58. The number of rotatable bonds is 15. The summed E-state index contributed by atoms with van der Waals surface area (Å²) in [6.45, 7) is 3.08. The van der Waals surface area contributed by atoms with Crippen LogP contribution in [0.2, 0.25) is 0 Å². The van der Waals surface area contributed by atoms with Crippen molar-refractivity contribution in [2.24, 2.45) is 4.99 Å². The molecule has 3 heteroatoms. The minimum absolute atomic E-state index is 0.808. The molecular weight excluding hydrogens is 368 g/mol. The summed E-state index contributed by atoms with van der Waals surface area (Å²) in [7, 11) is 4.08. The first-order valence-electron chi connectivity index (χ1n) is 11.7. The Hall–Kier alpha value is -2.29. The smallest absolute Gasteiger partial charge is 0.119 e. The monoisotopic (exact) mass is 408 g/mol. The molecule has 0 saturated heterocycles. The van der Waals surface area contributed by atoms with E-state index in [1.165, 1.54) is 63.5 Å². The first kappa shape index (κ1) is 24.0. The predicted octanol–water partition coefficient (Wildman–Crippen LogP) is 7.80. The third-order valence-corrected chi connectivity index (χ3v) is 5.38. The lowest BCUT2D eigenvalue weighted by molar-refractivity contribution is 0.304. The second-order valence-corrected chi connectivity index (χ2v) is 8.27. The van der Waals surface area contributed by atoms with Crippen molar-refractivity contribution in [1.29, 1.82) is 0 Å². The van der Waals surface area contributed by atoms with Crippen molar-refractivity contribution >= 4 is 17.6 Å². The molecule has 2 rings (SSSR count). The minimum atomic E-state index is 0.808. The van der Waals surface area contributed by atoms with Crippen LogP contribution in [0.5, 0.6) is 5.75 Å². The summed E-state index contributed by atoms with van der Waals surface area (Å²) in [5.41, 5.74) is 3.22. The summed E-state index contributed by atoms with van der Waals surface area (Å²) in [6.07, 6.45) is 15.4. The average Bonchev–Trinajstić information content (AvgIpc) is 2.77. The summed E-state index contributed by atoms with van der Waals surface area (Å²) in [6, 6.07) is 16.4. The fraction of sp³-hybridized carbons (Fsp3) is 0.519. The molecule has 0 atom stereocenters. The van der Waals surface area contributed by atoms with Gasteiger partial charge in [0.15, 0.2) is 0 Å². The van der Waals surface area contributed by atoms with Crippen molar-refractivity contribution in [1.82, 2.24) is 0 Å². The van der Waals surface area contributed by atoms with Crippen molar-refractivity contribution in [3.63, 3.8) is 0 Å². The fourth-order valence-electron chi connectivity index (χ4n) is 3.42. The molecular formula is C27H40N2O. The Labute approximate surface area is 184 Å². The molecule has 0 spiro atoms. The predicted molar refractivity (Wildman–Crippen MR) is 132 cm³/mol. The number of benzene rings is 2. The molecule has 164 valence electrons. The first-order chi connectivity index (χ1) is 14.7. The molecule has 30 heavy (non-hydrogen) atoms. The quantitative estimate of drug-likeness (QED) is 0.222. The van der Waals surface area contributed by atoms with E-state index in [1.807, 2.05) is 44.6 Å². The zero-order valence-electron chi connectivity index (χ0n) is 19.3. The number of hydrogen-bond donors (Lipinski definition) is 0. The topological polar surface area (TPSA) is 24.8 Å². The Morgan fingerprint density at radius 1 is 0.733 bits per heavy atom. The summed E-state index contributed by atoms with van der Waals surface area (Å²) in [5, 5.41) is 0. The third kappa shape index (κ3) is 9.96. The number of hydrogen-bond acceptors (Lipinski definition) is 3. The zero-order valence-corrected chi connectivity index (χ0v) is 19.3. The van der Waals surface area contributed by atoms with Crippen LogP contribution in [0, 0.1) is 0 Å². The highest BCUT2D eigenvalue weighted by molar-refractivity contribution is 5.82. The van der Waals surface area contributed by atoms with Gasteiger partial charge in [-0.3, -0.25) is 4.99 Å². The molecule has 0 radical (unpaired) electrons. The third-order valence-electron chi connectivity index (χ3n) is 5.38. The Kier molecular flexibility index (Phi) is 11.7. The molecule has 3 nitrogen and oxygen atoms in total. The lowest BCUT2D eigenvalue weighted by Crippen LogP contribution is -2.07. The van der Waals surface area contributed by atoms with Crippen molar-refractivity contribution in [2.75, 3.05) is 25.6 Å². The molecule has 0 heterocycles. The van der Waals surface area contributed by atoms with Gasteiger partial charge in [0.2, 0.25) is 0 Å². The lowest BCUT2D eigenvalue weighted by Gasteiger charge is -2.11. The largest absolute Gasteiger partial charge is 0.494 e. The van der Waals surface area contributed by atoms with E-state index in [0.29, 0.717) is 0 Å². The van der Waals surface area contributed by atoms with Crippen LogP contribution < -0.4 is 9.64 Å². The second-order valence-electron chi connectivity index (χ2n) is 8.27. The molecule has 0 bridgehead atoms. The van der Waals surface area contributed by atoms with E-state index in [9.17, 15) is 0 Å². The molecule has 0 fully saturated rings. The van der Waals surface area contributed by atoms with Gasteiger partial charge in [0, 0.05) is 26.0 Å². The number of nitrogens with zero attached hydrogens (tertiary/aromatic N) is 2. The lowest BCUT2D eigenvalue weighted by atomic mass is 10.1. The van der Waals surface area contributed by atoms with Crippen LogP contribution >= 0.6 is 0 Å². The molecule has 2 aromatic carbocycles. The van der Waals surface area contributed by atoms with Gasteiger partial charge in [-0.2, -0.15) is 0 Å². The van der Waals surface area contributed by atoms with Gasteiger partial charge in [-0.05, 0) is 60.5 Å². The first-order valence-corrected chi connectivity index (χ1v) is 11.7. The summed E-state index contributed by atoms with van der Waals surface area (Å²) < 4.78 is 5.88. The molecule has 0 aliphatic heterocycles. The van der Waals surface area contributed by atoms with Gasteiger partial charge in [0.1, 0.15) is 5.75 Å². The number of anilines is 1. The van der Waals surface area contributed by atoms with Gasteiger partial charge in [0.05, 0.1) is 12.3 Å². The van der Waals surface area contributed by atoms with Crippen molar-refractivity contribution < 1.29 is 4.74 Å². The van der Waals surface area contributed by atoms with Crippen molar-refractivity contribution in [2.45, 2.75) is 71.1 Å². The van der Waals surface area contributed by atoms with Crippen molar-refractivity contribution in [3.8, 4) is 5.75 Å². The van der Waals surface area contributed by atoms with Crippen LogP contribution in [0.25, 0.3) is 0 Å². The van der Waals surface area contributed by atoms with Crippen LogP contribution in [0.3, 0.4) is 0 Å². The van der Waals surface area contributed by atoms with Crippen LogP contribution in [0.1, 0.15) is 76.7 Å². The Morgan fingerprint density at radius 2 is 1.30 bits per heavy atom. The van der Waals surface area contributed by atoms with Gasteiger partial charge in [0.25, 0.3) is 0 Å². The van der Waals surface area contributed by atoms with E-state index in [1.54, 1.807) is 0 Å². The molecule has 0 aliphatic rings. The van der Waals surface area contributed by atoms with Crippen LogP contribution in [-0.4, -0.2) is 26.9 Å². The van der Waals surface area contributed by atoms with E-state index in [2.05, 4.69) is 41.1 Å². The van der Waals surface area contributed by atoms with Crippen LogP contribution in [-0.2, 0) is 0 Å². The van der Waals surface area contributed by atoms with E-state index < -0.39 is 0 Å². The zero-order chi connectivity index (χ0) is 21.4. The van der Waals surface area contributed by atoms with E-state index >= 15 is 0 Å².